The molecule has 0 unspecified atom stereocenters. The van der Waals surface area contributed by atoms with Crippen molar-refractivity contribution >= 4 is 29.0 Å². The molecule has 0 aliphatic carbocycles. The number of carbonyl (C=O) groups is 1. The molecule has 5 heteroatoms. The van der Waals surface area contributed by atoms with Crippen LogP contribution >= 0.6 is 11.6 Å². The van der Waals surface area contributed by atoms with Gasteiger partial charge < -0.3 is 10.6 Å². The monoisotopic (exact) mass is 365 g/mol. The van der Waals surface area contributed by atoms with Crippen LogP contribution in [0.3, 0.4) is 0 Å². The van der Waals surface area contributed by atoms with Gasteiger partial charge >= 0.3 is 0 Å². The third kappa shape index (κ3) is 5.33. The van der Waals surface area contributed by atoms with Crippen molar-refractivity contribution in [1.82, 2.24) is 4.98 Å². The number of amides is 1. The van der Waals surface area contributed by atoms with E-state index in [-0.39, 0.29) is 5.91 Å². The predicted octanol–water partition coefficient (Wildman–Crippen LogP) is 4.84. The minimum atomic E-state index is -0.0787. The number of nitrogens with one attached hydrogen (secondary N) is 2. The Kier molecular flexibility index (Phi) is 5.87. The molecule has 2 N–H and O–H groups in total. The summed E-state index contributed by atoms with van der Waals surface area (Å²) in [5.74, 6) is 0.463. The van der Waals surface area contributed by atoms with Gasteiger partial charge in [-0.15, -0.1) is 0 Å². The number of rotatable bonds is 6. The molecule has 1 amide bonds. The topological polar surface area (TPSA) is 54.0 Å². The van der Waals surface area contributed by atoms with Crippen LogP contribution in [0.25, 0.3) is 0 Å². The summed E-state index contributed by atoms with van der Waals surface area (Å²) < 4.78 is 0. The van der Waals surface area contributed by atoms with Crippen LogP contribution in [0.4, 0.5) is 11.5 Å². The average Bonchev–Trinajstić information content (AvgIpc) is 2.62. The Morgan fingerprint density at radius 3 is 2.54 bits per heavy atom. The summed E-state index contributed by atoms with van der Waals surface area (Å²) in [4.78, 5) is 16.4. The number of anilines is 2. The molecular weight excluding hydrogens is 346 g/mol. The van der Waals surface area contributed by atoms with Crippen LogP contribution in [-0.2, 0) is 17.8 Å². The lowest BCUT2D eigenvalue weighted by molar-refractivity contribution is -0.115. The van der Waals surface area contributed by atoms with Crippen molar-refractivity contribution in [3.63, 3.8) is 0 Å². The predicted molar refractivity (Wildman–Crippen MR) is 107 cm³/mol. The van der Waals surface area contributed by atoms with Crippen molar-refractivity contribution in [2.75, 3.05) is 10.6 Å². The highest BCUT2D eigenvalue weighted by molar-refractivity contribution is 6.30. The Labute approximate surface area is 158 Å². The molecule has 0 spiro atoms. The van der Waals surface area contributed by atoms with Crippen molar-refractivity contribution < 1.29 is 4.79 Å². The number of carbonyl (C=O) groups excluding carboxylic acids is 1. The fraction of sp³-hybridized carbons (Fsp3) is 0.143. The molecular formula is C21H20ClN3O. The summed E-state index contributed by atoms with van der Waals surface area (Å²) in [7, 11) is 0. The van der Waals surface area contributed by atoms with Crippen LogP contribution in [0.5, 0.6) is 0 Å². The summed E-state index contributed by atoms with van der Waals surface area (Å²) in [5.41, 5.74) is 4.15. The van der Waals surface area contributed by atoms with Gasteiger partial charge in [-0.05, 0) is 42.3 Å². The average molecular weight is 366 g/mol. The second-order valence-electron chi connectivity index (χ2n) is 6.13. The zero-order valence-electron chi connectivity index (χ0n) is 14.5. The normalized spacial score (nSPS) is 10.4. The van der Waals surface area contributed by atoms with E-state index in [9.17, 15) is 4.79 Å². The lowest BCUT2D eigenvalue weighted by Crippen LogP contribution is -2.15. The summed E-state index contributed by atoms with van der Waals surface area (Å²) in [6.45, 7) is 2.69. The molecule has 132 valence electrons. The van der Waals surface area contributed by atoms with Gasteiger partial charge in [-0.3, -0.25) is 4.79 Å². The summed E-state index contributed by atoms with van der Waals surface area (Å²) in [6, 6.07) is 19.3. The van der Waals surface area contributed by atoms with E-state index in [1.165, 1.54) is 0 Å². The van der Waals surface area contributed by atoms with E-state index in [0.29, 0.717) is 18.8 Å². The molecule has 3 rings (SSSR count). The molecule has 0 bridgehead atoms. The van der Waals surface area contributed by atoms with Crippen LogP contribution < -0.4 is 10.6 Å². The molecule has 0 saturated carbocycles. The number of nitrogens with zero attached hydrogens (tertiary/aromatic N) is 1. The molecule has 0 atom stereocenters. The van der Waals surface area contributed by atoms with E-state index in [1.54, 1.807) is 12.3 Å². The molecule has 4 nitrogen and oxygen atoms in total. The first-order chi connectivity index (χ1) is 12.6. The first-order valence-corrected chi connectivity index (χ1v) is 8.76. The number of hydrogen-bond donors (Lipinski definition) is 2. The van der Waals surface area contributed by atoms with Crippen LogP contribution in [0, 0.1) is 6.92 Å². The van der Waals surface area contributed by atoms with Gasteiger partial charge in [0.1, 0.15) is 5.82 Å². The number of benzene rings is 2. The summed E-state index contributed by atoms with van der Waals surface area (Å²) in [6.07, 6.45) is 2.04. The highest BCUT2D eigenvalue weighted by Gasteiger charge is 2.05. The largest absolute Gasteiger partial charge is 0.380 e. The maximum absolute atomic E-state index is 12.1. The van der Waals surface area contributed by atoms with Crippen molar-refractivity contribution in [2.45, 2.75) is 19.9 Å². The first-order valence-electron chi connectivity index (χ1n) is 8.38. The first kappa shape index (κ1) is 18.0. The number of aromatic nitrogens is 1. The van der Waals surface area contributed by atoms with Gasteiger partial charge in [-0.25, -0.2) is 4.98 Å². The van der Waals surface area contributed by atoms with Crippen molar-refractivity contribution in [1.29, 1.82) is 0 Å². The summed E-state index contributed by atoms with van der Waals surface area (Å²) in [5, 5.41) is 6.84. The highest BCUT2D eigenvalue weighted by atomic mass is 35.5. The molecule has 0 saturated heterocycles. The van der Waals surface area contributed by atoms with Gasteiger partial charge in [-0.2, -0.15) is 0 Å². The Morgan fingerprint density at radius 1 is 1.04 bits per heavy atom. The van der Waals surface area contributed by atoms with Crippen LogP contribution in [0.1, 0.15) is 16.7 Å². The third-order valence-electron chi connectivity index (χ3n) is 3.89. The van der Waals surface area contributed by atoms with Crippen molar-refractivity contribution in [3.05, 3.63) is 88.6 Å². The smallest absolute Gasteiger partial charge is 0.229 e. The lowest BCUT2D eigenvalue weighted by Gasteiger charge is -2.08. The molecule has 26 heavy (non-hydrogen) atoms. The van der Waals surface area contributed by atoms with Crippen LogP contribution in [0.2, 0.25) is 5.02 Å². The van der Waals surface area contributed by atoms with E-state index in [0.717, 1.165) is 27.4 Å². The van der Waals surface area contributed by atoms with E-state index in [4.69, 9.17) is 11.6 Å². The van der Waals surface area contributed by atoms with Gasteiger partial charge in [0.05, 0.1) is 18.3 Å². The second kappa shape index (κ2) is 8.50. The molecule has 0 radical (unpaired) electrons. The maximum atomic E-state index is 12.1. The van der Waals surface area contributed by atoms with Crippen molar-refractivity contribution in [2.24, 2.45) is 0 Å². The lowest BCUT2D eigenvalue weighted by atomic mass is 10.1. The molecule has 2 aromatic carbocycles. The second-order valence-corrected chi connectivity index (χ2v) is 6.56. The molecule has 0 aliphatic rings. The van der Waals surface area contributed by atoms with Gasteiger partial charge in [0.15, 0.2) is 0 Å². The summed E-state index contributed by atoms with van der Waals surface area (Å²) >= 11 is 5.88. The molecule has 1 aromatic heterocycles. The Balaban J connectivity index is 1.52. The SMILES string of the molecule is Cc1cccc(CC(=O)Nc2ccc(NCc3ccc(Cl)cc3)cn2)c1. The van der Waals surface area contributed by atoms with Gasteiger partial charge in [0.2, 0.25) is 5.91 Å². The standard InChI is InChI=1S/C21H20ClN3O/c1-15-3-2-4-17(11-15)12-21(26)25-20-10-9-19(14-24-20)23-13-16-5-7-18(22)8-6-16/h2-11,14,23H,12-13H2,1H3,(H,24,25,26). The minimum Gasteiger partial charge on any atom is -0.380 e. The maximum Gasteiger partial charge on any atom is 0.229 e. The van der Waals surface area contributed by atoms with E-state index in [1.807, 2.05) is 61.5 Å². The van der Waals surface area contributed by atoms with E-state index in [2.05, 4.69) is 15.6 Å². The van der Waals surface area contributed by atoms with E-state index >= 15 is 0 Å². The molecule has 0 aliphatic heterocycles. The molecule has 1 heterocycles. The zero-order chi connectivity index (χ0) is 18.4. The number of aryl methyl sites for hydroxylation is 1. The van der Waals surface area contributed by atoms with E-state index < -0.39 is 0 Å². The Hall–Kier alpha value is -2.85. The van der Waals surface area contributed by atoms with Crippen LogP contribution in [-0.4, -0.2) is 10.9 Å². The third-order valence-corrected chi connectivity index (χ3v) is 4.14. The van der Waals surface area contributed by atoms with Crippen molar-refractivity contribution in [3.8, 4) is 0 Å². The van der Waals surface area contributed by atoms with Gasteiger partial charge in [0, 0.05) is 11.6 Å². The molecule has 0 fully saturated rings. The minimum absolute atomic E-state index is 0.0787. The Bertz CT molecular complexity index is 877. The highest BCUT2D eigenvalue weighted by Crippen LogP contribution is 2.14. The van der Waals surface area contributed by atoms with Gasteiger partial charge in [-0.1, -0.05) is 53.6 Å². The fourth-order valence-electron chi connectivity index (χ4n) is 2.57. The quantitative estimate of drug-likeness (QED) is 0.657. The van der Waals surface area contributed by atoms with Crippen LogP contribution in [0.15, 0.2) is 66.9 Å². The fourth-order valence-corrected chi connectivity index (χ4v) is 2.70. The number of pyridine rings is 1. The Morgan fingerprint density at radius 2 is 1.85 bits per heavy atom. The number of hydrogen-bond acceptors (Lipinski definition) is 3. The zero-order valence-corrected chi connectivity index (χ0v) is 15.3. The van der Waals surface area contributed by atoms with Gasteiger partial charge in [0.25, 0.3) is 0 Å². The number of halogens is 1. The molecule has 3 aromatic rings.